The molecule has 0 amide bonds. The van der Waals surface area contributed by atoms with Gasteiger partial charge in [-0.2, -0.15) is 0 Å². The molecule has 0 fully saturated rings. The molecule has 0 saturated carbocycles. The smallest absolute Gasteiger partial charge is 2.00 e. The van der Waals surface area contributed by atoms with Crippen LogP contribution in [0.4, 0.5) is 0 Å². The van der Waals surface area contributed by atoms with E-state index in [2.05, 4.69) is 0 Å². The van der Waals surface area contributed by atoms with E-state index in [0.717, 1.165) is 0 Å². The van der Waals surface area contributed by atoms with Gasteiger partial charge in [0.1, 0.15) is 0 Å². The normalized spacial score (nSPS) is 0. The Morgan fingerprint density at radius 2 is 0.133 bits per heavy atom. The van der Waals surface area contributed by atoms with Crippen LogP contribution in [0, 0.1) is 0 Å². The molecule has 0 bridgehead atoms. The number of rotatable bonds is 0. The van der Waals surface area contributed by atoms with Crippen LogP contribution in [0.15, 0.2) is 0 Å². The van der Waals surface area contributed by atoms with Crippen LogP contribution in [0.1, 0.15) is 0 Å². The maximum absolute atomic E-state index is 0. The van der Waals surface area contributed by atoms with Crippen LogP contribution in [0.5, 0.6) is 0 Å². The van der Waals surface area contributed by atoms with Gasteiger partial charge in [-0.15, -0.1) is 0 Å². The van der Waals surface area contributed by atoms with Crippen LogP contribution in [-0.4, -0.2) is 104 Å². The summed E-state index contributed by atoms with van der Waals surface area (Å²) in [6.07, 6.45) is 0. The fourth-order valence-corrected chi connectivity index (χ4v) is 0. The molecule has 15 heavy (non-hydrogen) atoms. The third kappa shape index (κ3) is 461. The molecule has 0 aliphatic rings. The second-order valence-corrected chi connectivity index (χ2v) is 0. The maximum Gasteiger partial charge on any atom is 3.00 e. The predicted molar refractivity (Wildman–Crippen MR) is 40.7 cm³/mol. The summed E-state index contributed by atoms with van der Waals surface area (Å²) in [5.74, 6) is 0. The molecule has 0 N–H and O–H groups in total. The summed E-state index contributed by atoms with van der Waals surface area (Å²) < 4.78 is 0. The van der Waals surface area contributed by atoms with E-state index in [0.29, 0.717) is 0 Å². The van der Waals surface area contributed by atoms with E-state index in [1.807, 2.05) is 0 Å². The van der Waals surface area contributed by atoms with Crippen LogP contribution in [0.2, 0.25) is 0 Å². The van der Waals surface area contributed by atoms with E-state index in [1.54, 1.807) is 0 Å². The van der Waals surface area contributed by atoms with Gasteiger partial charge in [0, 0.05) is 0 Å². The van der Waals surface area contributed by atoms with E-state index < -0.39 is 0 Å². The maximum atomic E-state index is 0. The Balaban J connectivity index is 0. The molecule has 0 heterocycles. The average Bonchev–Trinajstić information content (AvgIpc) is 0. The zero-order chi connectivity index (χ0) is 0. The van der Waals surface area contributed by atoms with E-state index in [1.165, 1.54) is 0 Å². The van der Waals surface area contributed by atoms with Crippen molar-refractivity contribution < 1.29 is 49.3 Å². The Morgan fingerprint density at radius 1 is 0.133 bits per heavy atom. The van der Waals surface area contributed by atoms with Crippen LogP contribution < -0.4 is 0 Å². The molecule has 0 aromatic carbocycles. The van der Waals surface area contributed by atoms with Gasteiger partial charge in [-0.05, 0) is 0 Å². The fraction of sp³-hybridized carbons (Fsp3) is 0. The molecule has 0 aromatic heterocycles. The van der Waals surface area contributed by atoms with Crippen molar-refractivity contribution in [2.75, 3.05) is 0 Å². The molecule has 0 aromatic rings. The molecule has 0 unspecified atom stereocenters. The summed E-state index contributed by atoms with van der Waals surface area (Å²) in [5, 5.41) is 0. The first-order valence-electron chi connectivity index (χ1n) is 0. The first kappa shape index (κ1) is 629. The third-order valence-electron chi connectivity index (χ3n) is 0. The summed E-state index contributed by atoms with van der Waals surface area (Å²) in [6, 6.07) is 0. The zero-order valence-electron chi connectivity index (χ0n) is 7.14. The van der Waals surface area contributed by atoms with Crippen molar-refractivity contribution in [3.8, 4) is 0 Å². The van der Waals surface area contributed by atoms with Gasteiger partial charge in [-0.25, -0.2) is 0 Å². The summed E-state index contributed by atoms with van der Waals surface area (Å²) in [7, 11) is 0. The van der Waals surface area contributed by atoms with Crippen molar-refractivity contribution >= 4 is 104 Å². The van der Waals surface area contributed by atoms with Crippen LogP contribution in [0.25, 0.3) is 0 Å². The SMILES string of the molecule is [Al+3].[Al+3].[Al+3].[Al+3].[Al+3].[Al+3].[O-2].[O-2].[O-2].[O-2].[O-2].[O-2].[O-2].[O-2].[O-2]. The van der Waals surface area contributed by atoms with Gasteiger partial charge in [-0.1, -0.05) is 0 Å². The van der Waals surface area contributed by atoms with Gasteiger partial charge in [0.25, 0.3) is 0 Å². The van der Waals surface area contributed by atoms with Crippen LogP contribution in [0.3, 0.4) is 0 Å². The topological polar surface area (TPSA) is 256 Å². The van der Waals surface area contributed by atoms with Gasteiger partial charge < -0.3 is 49.3 Å². The minimum absolute atomic E-state index is 0. The molecule has 0 aliphatic carbocycles. The number of hydrogen-bond donors (Lipinski definition) is 0. The molecule has 0 aliphatic heterocycles. The summed E-state index contributed by atoms with van der Waals surface area (Å²) in [6.45, 7) is 0. The molecule has 0 spiro atoms. The molecular weight excluding hydrogens is 306 g/mol. The Morgan fingerprint density at radius 3 is 0.133 bits per heavy atom. The van der Waals surface area contributed by atoms with Gasteiger partial charge in [0.15, 0.2) is 0 Å². The van der Waals surface area contributed by atoms with Gasteiger partial charge >= 0.3 is 104 Å². The third-order valence-corrected chi connectivity index (χ3v) is 0. The predicted octanol–water partition coefficient (Wildman–Crippen LogP) is -3.35. The largest absolute Gasteiger partial charge is 3.00 e. The second kappa shape index (κ2) is 525. The molecule has 15 heteroatoms. The van der Waals surface area contributed by atoms with E-state index in [9.17, 15) is 0 Å². The molecule has 0 rings (SSSR count). The summed E-state index contributed by atoms with van der Waals surface area (Å²) in [5.41, 5.74) is 0. The minimum Gasteiger partial charge on any atom is -2.00 e. The van der Waals surface area contributed by atoms with E-state index in [4.69, 9.17) is 0 Å². The van der Waals surface area contributed by atoms with E-state index >= 15 is 0 Å². The van der Waals surface area contributed by atoms with E-state index in [-0.39, 0.29) is 153 Å². The molecule has 0 atom stereocenters. The molecule has 0 radical (unpaired) electrons. The fourth-order valence-electron chi connectivity index (χ4n) is 0. The van der Waals surface area contributed by atoms with Gasteiger partial charge in [-0.3, -0.25) is 0 Å². The number of hydrogen-bond acceptors (Lipinski definition) is 0. The first-order chi connectivity index (χ1) is 0. The minimum atomic E-state index is 0. The Labute approximate surface area is 152 Å². The van der Waals surface area contributed by atoms with Crippen molar-refractivity contribution in [1.82, 2.24) is 0 Å². The Bertz CT molecular complexity index is 14.6. The standard InChI is InChI=1S/6Al.9O/q6*+3;9*-2. The van der Waals surface area contributed by atoms with Gasteiger partial charge in [0.05, 0.1) is 0 Å². The van der Waals surface area contributed by atoms with Crippen molar-refractivity contribution in [3.63, 3.8) is 0 Å². The van der Waals surface area contributed by atoms with Gasteiger partial charge in [0.2, 0.25) is 0 Å². The molecule has 0 saturated heterocycles. The average molecular weight is 306 g/mol. The van der Waals surface area contributed by atoms with Crippen LogP contribution >= 0.6 is 0 Å². The molecular formula is Al6O9. The van der Waals surface area contributed by atoms with Crippen molar-refractivity contribution in [2.45, 2.75) is 0 Å². The Kier molecular flexibility index (Phi) is 22000. The zero-order valence-corrected chi connectivity index (χ0v) is 14.1. The second-order valence-electron chi connectivity index (χ2n) is 0. The first-order valence-corrected chi connectivity index (χ1v) is 0. The van der Waals surface area contributed by atoms with Crippen LogP contribution in [-0.2, 0) is 49.3 Å². The van der Waals surface area contributed by atoms with Crippen molar-refractivity contribution in [3.05, 3.63) is 0 Å². The monoisotopic (exact) mass is 306 g/mol. The summed E-state index contributed by atoms with van der Waals surface area (Å²) >= 11 is 0. The molecule has 72 valence electrons. The molecule has 9 nitrogen and oxygen atoms in total. The Hall–Kier alpha value is 2.83. The quantitative estimate of drug-likeness (QED) is 0.397. The van der Waals surface area contributed by atoms with Crippen molar-refractivity contribution in [2.24, 2.45) is 0 Å². The van der Waals surface area contributed by atoms with Crippen molar-refractivity contribution in [1.29, 1.82) is 0 Å². The summed E-state index contributed by atoms with van der Waals surface area (Å²) in [4.78, 5) is 0.